The van der Waals surface area contributed by atoms with Gasteiger partial charge in [-0.1, -0.05) is 30.3 Å². The van der Waals surface area contributed by atoms with Gasteiger partial charge in [0.15, 0.2) is 0 Å². The van der Waals surface area contributed by atoms with Gasteiger partial charge in [-0.25, -0.2) is 9.97 Å². The predicted octanol–water partition coefficient (Wildman–Crippen LogP) is 2.10. The largest absolute Gasteiger partial charge is 0.369 e. The minimum atomic E-state index is -0.242. The second-order valence-electron chi connectivity index (χ2n) is 5.48. The van der Waals surface area contributed by atoms with Crippen LogP contribution < -0.4 is 11.3 Å². The molecule has 0 aliphatic rings. The fraction of sp³-hybridized carbons (Fsp3) is 0.118. The molecule has 4 aromatic rings. The molecule has 2 aromatic carbocycles. The molecule has 0 atom stereocenters. The van der Waals surface area contributed by atoms with Crippen molar-refractivity contribution in [3.63, 3.8) is 0 Å². The summed E-state index contributed by atoms with van der Waals surface area (Å²) in [5.74, 6) is 0.122. The Hall–Kier alpha value is -3.15. The number of anilines is 1. The third kappa shape index (κ3) is 2.44. The number of aromatic nitrogens is 4. The van der Waals surface area contributed by atoms with Crippen LogP contribution in [0, 0.1) is 0 Å². The van der Waals surface area contributed by atoms with E-state index in [2.05, 4.69) is 31.7 Å². The molecule has 0 bridgehead atoms. The zero-order valence-corrected chi connectivity index (χ0v) is 12.4. The van der Waals surface area contributed by atoms with Crippen LogP contribution in [0.4, 0.5) is 5.95 Å². The number of imidazole rings is 1. The Morgan fingerprint density at radius 1 is 1.13 bits per heavy atom. The average Bonchev–Trinajstić information content (AvgIpc) is 2.94. The Kier molecular flexibility index (Phi) is 3.08. The molecule has 4 rings (SSSR count). The number of nitrogen functional groups attached to an aromatic ring is 1. The highest BCUT2D eigenvalue weighted by Crippen LogP contribution is 2.19. The number of fused-ring (bicyclic) bond motifs is 2. The van der Waals surface area contributed by atoms with E-state index in [9.17, 15) is 4.79 Å². The molecule has 0 spiro atoms. The number of hydrogen-bond acceptors (Lipinski definition) is 4. The molecule has 0 aliphatic carbocycles. The maximum absolute atomic E-state index is 12.0. The Balaban J connectivity index is 1.76. The summed E-state index contributed by atoms with van der Waals surface area (Å²) in [7, 11) is 0. The molecule has 0 saturated carbocycles. The van der Waals surface area contributed by atoms with Crippen molar-refractivity contribution in [1.29, 1.82) is 0 Å². The van der Waals surface area contributed by atoms with Crippen molar-refractivity contribution < 1.29 is 0 Å². The van der Waals surface area contributed by atoms with E-state index < -0.39 is 0 Å². The van der Waals surface area contributed by atoms with Crippen LogP contribution in [0.25, 0.3) is 21.9 Å². The summed E-state index contributed by atoms with van der Waals surface area (Å²) < 4.78 is 2.07. The van der Waals surface area contributed by atoms with Gasteiger partial charge in [0.2, 0.25) is 5.95 Å². The van der Waals surface area contributed by atoms with Gasteiger partial charge < -0.3 is 10.3 Å². The molecule has 114 valence electrons. The van der Waals surface area contributed by atoms with Crippen LogP contribution in [0.15, 0.2) is 53.6 Å². The first-order valence-corrected chi connectivity index (χ1v) is 7.39. The van der Waals surface area contributed by atoms with E-state index in [1.807, 2.05) is 24.3 Å². The lowest BCUT2D eigenvalue weighted by Crippen LogP contribution is -2.11. The third-order valence-corrected chi connectivity index (χ3v) is 3.95. The standard InChI is InChI=1S/C17H15N5O/c18-17-20-13-9-15-14(8-12(13)16(23)21-17)19-10-22(15)7-6-11-4-2-1-3-5-11/h1-5,8-10H,6-7H2,(H3,18,20,21,23). The minimum Gasteiger partial charge on any atom is -0.369 e. The first kappa shape index (κ1) is 13.5. The Bertz CT molecular complexity index is 1050. The van der Waals surface area contributed by atoms with Gasteiger partial charge in [0.1, 0.15) is 0 Å². The van der Waals surface area contributed by atoms with Crippen LogP contribution in [-0.2, 0) is 13.0 Å². The van der Waals surface area contributed by atoms with E-state index in [4.69, 9.17) is 5.73 Å². The highest BCUT2D eigenvalue weighted by atomic mass is 16.1. The van der Waals surface area contributed by atoms with Gasteiger partial charge in [0, 0.05) is 6.54 Å². The van der Waals surface area contributed by atoms with E-state index >= 15 is 0 Å². The average molecular weight is 305 g/mol. The maximum Gasteiger partial charge on any atom is 0.260 e. The number of benzene rings is 2. The number of rotatable bonds is 3. The number of H-pyrrole nitrogens is 1. The quantitative estimate of drug-likeness (QED) is 0.606. The van der Waals surface area contributed by atoms with Crippen LogP contribution >= 0.6 is 0 Å². The number of aryl methyl sites for hydroxylation is 2. The smallest absolute Gasteiger partial charge is 0.260 e. The van der Waals surface area contributed by atoms with Crippen LogP contribution in [0.1, 0.15) is 5.56 Å². The predicted molar refractivity (Wildman–Crippen MR) is 90.2 cm³/mol. The van der Waals surface area contributed by atoms with Crippen molar-refractivity contribution in [2.24, 2.45) is 0 Å². The first-order chi connectivity index (χ1) is 11.2. The normalized spacial score (nSPS) is 11.3. The summed E-state index contributed by atoms with van der Waals surface area (Å²) >= 11 is 0. The van der Waals surface area contributed by atoms with Crippen LogP contribution in [0.5, 0.6) is 0 Å². The summed E-state index contributed by atoms with van der Waals surface area (Å²) in [6.07, 6.45) is 2.71. The van der Waals surface area contributed by atoms with Crippen molar-refractivity contribution in [3.8, 4) is 0 Å². The molecular formula is C17H15N5O. The molecule has 6 nitrogen and oxygen atoms in total. The molecular weight excluding hydrogens is 290 g/mol. The molecule has 0 aliphatic heterocycles. The number of nitrogens with one attached hydrogen (secondary N) is 1. The van der Waals surface area contributed by atoms with Crippen LogP contribution in [0.3, 0.4) is 0 Å². The molecule has 0 amide bonds. The zero-order chi connectivity index (χ0) is 15.8. The third-order valence-electron chi connectivity index (χ3n) is 3.95. The molecule has 2 aromatic heterocycles. The highest BCUT2D eigenvalue weighted by Gasteiger charge is 2.09. The molecule has 0 saturated heterocycles. The number of hydrogen-bond donors (Lipinski definition) is 2. The Morgan fingerprint density at radius 3 is 2.78 bits per heavy atom. The van der Waals surface area contributed by atoms with Gasteiger partial charge in [0.05, 0.1) is 28.3 Å². The molecule has 2 heterocycles. The summed E-state index contributed by atoms with van der Waals surface area (Å²) in [4.78, 5) is 23.1. The van der Waals surface area contributed by atoms with E-state index in [1.165, 1.54) is 5.56 Å². The van der Waals surface area contributed by atoms with Crippen molar-refractivity contribution >= 4 is 27.9 Å². The van der Waals surface area contributed by atoms with Crippen LogP contribution in [-0.4, -0.2) is 19.5 Å². The minimum absolute atomic E-state index is 0.122. The first-order valence-electron chi connectivity index (χ1n) is 7.39. The van der Waals surface area contributed by atoms with Crippen LogP contribution in [0.2, 0.25) is 0 Å². The fourth-order valence-corrected chi connectivity index (χ4v) is 2.78. The maximum atomic E-state index is 12.0. The summed E-state index contributed by atoms with van der Waals surface area (Å²) in [6.45, 7) is 0.810. The number of nitrogens with two attached hydrogens (primary N) is 1. The van der Waals surface area contributed by atoms with E-state index in [0.717, 1.165) is 24.0 Å². The number of nitrogens with zero attached hydrogens (tertiary/aromatic N) is 3. The molecule has 6 heteroatoms. The highest BCUT2D eigenvalue weighted by molar-refractivity contribution is 5.93. The van der Waals surface area contributed by atoms with Crippen molar-refractivity contribution in [3.05, 3.63) is 64.7 Å². The summed E-state index contributed by atoms with van der Waals surface area (Å²) in [6, 6.07) is 13.9. The van der Waals surface area contributed by atoms with Gasteiger partial charge in [-0.3, -0.25) is 9.78 Å². The molecule has 23 heavy (non-hydrogen) atoms. The van der Waals surface area contributed by atoms with E-state index in [1.54, 1.807) is 12.4 Å². The van der Waals surface area contributed by atoms with Crippen molar-refractivity contribution in [2.75, 3.05) is 5.73 Å². The van der Waals surface area contributed by atoms with Gasteiger partial charge >= 0.3 is 0 Å². The van der Waals surface area contributed by atoms with Gasteiger partial charge in [-0.15, -0.1) is 0 Å². The summed E-state index contributed by atoms with van der Waals surface area (Å²) in [5.41, 5.74) is 8.97. The number of aromatic amines is 1. The van der Waals surface area contributed by atoms with E-state index in [0.29, 0.717) is 10.9 Å². The van der Waals surface area contributed by atoms with Gasteiger partial charge in [-0.05, 0) is 24.1 Å². The second-order valence-corrected chi connectivity index (χ2v) is 5.48. The summed E-state index contributed by atoms with van der Waals surface area (Å²) in [5, 5.41) is 0.500. The lowest BCUT2D eigenvalue weighted by atomic mass is 10.1. The van der Waals surface area contributed by atoms with Crippen molar-refractivity contribution in [2.45, 2.75) is 13.0 Å². The lowest BCUT2D eigenvalue weighted by Gasteiger charge is -2.05. The lowest BCUT2D eigenvalue weighted by molar-refractivity contribution is 0.716. The van der Waals surface area contributed by atoms with Gasteiger partial charge in [0.25, 0.3) is 5.56 Å². The molecule has 3 N–H and O–H groups in total. The van der Waals surface area contributed by atoms with Crippen molar-refractivity contribution in [1.82, 2.24) is 19.5 Å². The van der Waals surface area contributed by atoms with E-state index in [-0.39, 0.29) is 11.5 Å². The molecule has 0 unspecified atom stereocenters. The topological polar surface area (TPSA) is 89.6 Å². The Morgan fingerprint density at radius 2 is 1.96 bits per heavy atom. The monoisotopic (exact) mass is 305 g/mol. The Labute approximate surface area is 131 Å². The molecule has 0 radical (unpaired) electrons. The van der Waals surface area contributed by atoms with Gasteiger partial charge in [-0.2, -0.15) is 0 Å². The fourth-order valence-electron chi connectivity index (χ4n) is 2.78. The molecule has 0 fully saturated rings. The second kappa shape index (κ2) is 5.24. The SMILES string of the molecule is Nc1nc2cc3c(cc2c(=O)[nH]1)ncn3CCc1ccccc1. The zero-order valence-electron chi connectivity index (χ0n) is 12.4.